The number of hydrogen-bond acceptors (Lipinski definition) is 4. The lowest BCUT2D eigenvalue weighted by atomic mass is 10.3. The minimum absolute atomic E-state index is 0.0510. The van der Waals surface area contributed by atoms with Crippen molar-refractivity contribution in [1.82, 2.24) is 14.7 Å². The minimum Gasteiger partial charge on any atom is -0.465 e. The van der Waals surface area contributed by atoms with Crippen LogP contribution in [0.5, 0.6) is 0 Å². The summed E-state index contributed by atoms with van der Waals surface area (Å²) in [6.07, 6.45) is 1.29. The summed E-state index contributed by atoms with van der Waals surface area (Å²) in [5.74, 6) is 1.87. The zero-order valence-corrected chi connectivity index (χ0v) is 11.2. The van der Waals surface area contributed by atoms with Gasteiger partial charge in [-0.15, -0.1) is 0 Å². The number of nitrogens with zero attached hydrogens (tertiary/aromatic N) is 1. The van der Waals surface area contributed by atoms with Crippen molar-refractivity contribution in [3.05, 3.63) is 35.7 Å². The van der Waals surface area contributed by atoms with Crippen molar-refractivity contribution in [1.29, 1.82) is 0 Å². The summed E-state index contributed by atoms with van der Waals surface area (Å²) in [6.45, 7) is 5.22. The Labute approximate surface area is 105 Å². The molecule has 0 saturated heterocycles. The molecule has 0 aromatic carbocycles. The summed E-state index contributed by atoms with van der Waals surface area (Å²) in [5.41, 5.74) is 0. The molecule has 6 nitrogen and oxygen atoms in total. The van der Waals surface area contributed by atoms with Crippen molar-refractivity contribution in [3.8, 4) is 0 Å². The Kier molecular flexibility index (Phi) is 3.27. The largest absolute Gasteiger partial charge is 0.465 e. The summed E-state index contributed by atoms with van der Waals surface area (Å²) in [4.78, 5) is 6.56. The van der Waals surface area contributed by atoms with Crippen LogP contribution in [0.25, 0.3) is 0 Å². The Morgan fingerprint density at radius 2 is 2.11 bits per heavy atom. The molecule has 2 rings (SSSR count). The lowest BCUT2D eigenvalue weighted by Gasteiger charge is -2.10. The van der Waals surface area contributed by atoms with E-state index in [0.717, 1.165) is 5.76 Å². The van der Waals surface area contributed by atoms with Crippen molar-refractivity contribution in [2.45, 2.75) is 31.8 Å². The van der Waals surface area contributed by atoms with Crippen LogP contribution in [-0.4, -0.2) is 18.4 Å². The molecular formula is C11H15N3O3S. The van der Waals surface area contributed by atoms with E-state index in [1.54, 1.807) is 26.0 Å². The molecule has 7 heteroatoms. The molecule has 18 heavy (non-hydrogen) atoms. The second-order valence-corrected chi connectivity index (χ2v) is 5.81. The predicted octanol–water partition coefficient (Wildman–Crippen LogP) is 1.66. The van der Waals surface area contributed by atoms with E-state index in [4.69, 9.17) is 4.42 Å². The number of sulfonamides is 1. The van der Waals surface area contributed by atoms with E-state index in [-0.39, 0.29) is 5.03 Å². The van der Waals surface area contributed by atoms with E-state index >= 15 is 0 Å². The number of nitrogens with one attached hydrogen (secondary N) is 2. The molecule has 0 spiro atoms. The zero-order chi connectivity index (χ0) is 13.3. The first kappa shape index (κ1) is 12.8. The average Bonchev–Trinajstić information content (AvgIpc) is 2.86. The van der Waals surface area contributed by atoms with E-state index in [1.165, 1.54) is 6.20 Å². The van der Waals surface area contributed by atoms with Crippen LogP contribution < -0.4 is 4.72 Å². The summed E-state index contributed by atoms with van der Waals surface area (Å²) in [6, 6.07) is 3.11. The lowest BCUT2D eigenvalue weighted by Crippen LogP contribution is -2.26. The Morgan fingerprint density at radius 3 is 2.61 bits per heavy atom. The van der Waals surface area contributed by atoms with Gasteiger partial charge in [-0.05, 0) is 32.9 Å². The topological polar surface area (TPSA) is 88.0 Å². The molecule has 0 aliphatic rings. The number of furan rings is 1. The number of hydrogen-bond donors (Lipinski definition) is 2. The molecule has 1 atom stereocenters. The van der Waals surface area contributed by atoms with Gasteiger partial charge in [0.25, 0.3) is 10.0 Å². The Hall–Kier alpha value is -1.60. The number of aryl methyl sites for hydroxylation is 2. The molecule has 98 valence electrons. The molecular weight excluding hydrogens is 254 g/mol. The van der Waals surface area contributed by atoms with Gasteiger partial charge in [0.2, 0.25) is 0 Å². The van der Waals surface area contributed by atoms with Gasteiger partial charge in [-0.2, -0.15) is 4.72 Å². The molecule has 2 heterocycles. The molecule has 0 amide bonds. The van der Waals surface area contributed by atoms with Gasteiger partial charge in [-0.3, -0.25) is 0 Å². The highest BCUT2D eigenvalue weighted by atomic mass is 32.2. The molecule has 0 aliphatic heterocycles. The standard InChI is InChI=1S/C11H15N3O3S/c1-7-4-5-10(17-7)8(2)14-18(15,16)11-6-12-9(3)13-11/h4-6,8,14H,1-3H3,(H,12,13). The molecule has 0 bridgehead atoms. The van der Waals surface area contributed by atoms with Gasteiger partial charge in [0.1, 0.15) is 17.3 Å². The number of aromatic amines is 1. The van der Waals surface area contributed by atoms with E-state index in [2.05, 4.69) is 14.7 Å². The van der Waals surface area contributed by atoms with Crippen LogP contribution in [0.3, 0.4) is 0 Å². The van der Waals surface area contributed by atoms with Crippen molar-refractivity contribution in [3.63, 3.8) is 0 Å². The normalized spacial score (nSPS) is 13.7. The summed E-state index contributed by atoms with van der Waals surface area (Å²) in [7, 11) is -3.61. The molecule has 2 aromatic heterocycles. The summed E-state index contributed by atoms with van der Waals surface area (Å²) in [5, 5.41) is 0.0510. The minimum atomic E-state index is -3.61. The smallest absolute Gasteiger partial charge is 0.258 e. The zero-order valence-electron chi connectivity index (χ0n) is 10.4. The van der Waals surface area contributed by atoms with Crippen LogP contribution in [0.15, 0.2) is 27.8 Å². The number of imidazole rings is 1. The first-order valence-corrected chi connectivity index (χ1v) is 6.97. The van der Waals surface area contributed by atoms with Gasteiger partial charge in [0, 0.05) is 0 Å². The van der Waals surface area contributed by atoms with Crippen LogP contribution in [0, 0.1) is 13.8 Å². The Bertz CT molecular complexity index is 642. The third-order valence-corrected chi connectivity index (χ3v) is 3.94. The first-order chi connectivity index (χ1) is 8.38. The second kappa shape index (κ2) is 4.58. The molecule has 1 unspecified atom stereocenters. The van der Waals surface area contributed by atoms with Gasteiger partial charge in [0.05, 0.1) is 12.2 Å². The third kappa shape index (κ3) is 2.62. The van der Waals surface area contributed by atoms with Crippen LogP contribution in [0.4, 0.5) is 0 Å². The van der Waals surface area contributed by atoms with Crippen LogP contribution in [0.2, 0.25) is 0 Å². The number of aromatic nitrogens is 2. The molecule has 2 aromatic rings. The first-order valence-electron chi connectivity index (χ1n) is 5.49. The highest BCUT2D eigenvalue weighted by molar-refractivity contribution is 7.89. The van der Waals surface area contributed by atoms with Crippen molar-refractivity contribution in [2.24, 2.45) is 0 Å². The molecule has 2 N–H and O–H groups in total. The molecule has 0 aliphatic carbocycles. The Balaban J connectivity index is 2.18. The fourth-order valence-electron chi connectivity index (χ4n) is 1.58. The average molecular weight is 269 g/mol. The molecule has 0 radical (unpaired) electrons. The van der Waals surface area contributed by atoms with Gasteiger partial charge in [-0.25, -0.2) is 13.4 Å². The second-order valence-electron chi connectivity index (χ2n) is 4.12. The van der Waals surface area contributed by atoms with Crippen molar-refractivity contribution >= 4 is 10.0 Å². The quantitative estimate of drug-likeness (QED) is 0.883. The Morgan fingerprint density at radius 1 is 1.39 bits per heavy atom. The van der Waals surface area contributed by atoms with Crippen molar-refractivity contribution in [2.75, 3.05) is 0 Å². The van der Waals surface area contributed by atoms with Gasteiger partial charge >= 0.3 is 0 Å². The third-order valence-electron chi connectivity index (χ3n) is 2.49. The predicted molar refractivity (Wildman–Crippen MR) is 65.5 cm³/mol. The number of rotatable bonds is 4. The number of H-pyrrole nitrogens is 1. The van der Waals surface area contributed by atoms with Gasteiger partial charge in [0.15, 0.2) is 5.03 Å². The lowest BCUT2D eigenvalue weighted by molar-refractivity contribution is 0.441. The van der Waals surface area contributed by atoms with Crippen LogP contribution >= 0.6 is 0 Å². The van der Waals surface area contributed by atoms with E-state index in [9.17, 15) is 8.42 Å². The highest BCUT2D eigenvalue weighted by Gasteiger charge is 2.21. The maximum atomic E-state index is 12.0. The maximum Gasteiger partial charge on any atom is 0.258 e. The van der Waals surface area contributed by atoms with Crippen LogP contribution in [0.1, 0.15) is 30.3 Å². The van der Waals surface area contributed by atoms with Gasteiger partial charge in [-0.1, -0.05) is 0 Å². The van der Waals surface area contributed by atoms with Crippen molar-refractivity contribution < 1.29 is 12.8 Å². The van der Waals surface area contributed by atoms with Crippen LogP contribution in [-0.2, 0) is 10.0 Å². The fourth-order valence-corrected chi connectivity index (χ4v) is 2.76. The van der Waals surface area contributed by atoms with E-state index in [0.29, 0.717) is 11.6 Å². The SMILES string of the molecule is Cc1ncc(S(=O)(=O)NC(C)c2ccc(C)o2)[nH]1. The van der Waals surface area contributed by atoms with E-state index < -0.39 is 16.1 Å². The van der Waals surface area contributed by atoms with E-state index in [1.807, 2.05) is 6.92 Å². The monoisotopic (exact) mass is 269 g/mol. The maximum absolute atomic E-state index is 12.0. The highest BCUT2D eigenvalue weighted by Crippen LogP contribution is 2.18. The molecule has 0 fully saturated rings. The van der Waals surface area contributed by atoms with Gasteiger partial charge < -0.3 is 9.40 Å². The fraction of sp³-hybridized carbons (Fsp3) is 0.364. The summed E-state index contributed by atoms with van der Waals surface area (Å²) < 4.78 is 31.9. The summed E-state index contributed by atoms with van der Waals surface area (Å²) >= 11 is 0. The molecule has 0 saturated carbocycles.